The highest BCUT2D eigenvalue weighted by molar-refractivity contribution is 5.98. The van der Waals surface area contributed by atoms with Crippen molar-refractivity contribution < 1.29 is 41.0 Å². The van der Waals surface area contributed by atoms with Crippen LogP contribution >= 0.6 is 0 Å². The molecule has 32 heavy (non-hydrogen) atoms. The third kappa shape index (κ3) is 4.24. The van der Waals surface area contributed by atoms with Gasteiger partial charge in [0.15, 0.2) is 6.23 Å². The molecule has 4 rings (SSSR count). The van der Waals surface area contributed by atoms with Crippen LogP contribution in [0.1, 0.15) is 34.1 Å². The number of ether oxygens (including phenoxy) is 1. The Balaban J connectivity index is 1.52. The average Bonchev–Trinajstić information content (AvgIpc) is 2.95. The molecule has 1 N–H and O–H groups in total. The van der Waals surface area contributed by atoms with Crippen molar-refractivity contribution in [1.82, 2.24) is 9.88 Å². The molecule has 1 saturated heterocycles. The molecule has 2 aliphatic heterocycles. The summed E-state index contributed by atoms with van der Waals surface area (Å²) in [5.74, 6) is -5.27. The van der Waals surface area contributed by atoms with Gasteiger partial charge in [-0.1, -0.05) is 18.2 Å². The Labute approximate surface area is 178 Å². The Hall–Kier alpha value is -2.86. The lowest BCUT2D eigenvalue weighted by atomic mass is 10.0. The summed E-state index contributed by atoms with van der Waals surface area (Å²) in [6.45, 7) is -1.70. The second kappa shape index (κ2) is 7.93. The van der Waals surface area contributed by atoms with E-state index in [0.717, 1.165) is 22.1 Å². The number of fused-ring (bicyclic) bond motifs is 1. The van der Waals surface area contributed by atoms with Crippen molar-refractivity contribution in [2.45, 2.75) is 37.6 Å². The lowest BCUT2D eigenvalue weighted by Crippen LogP contribution is -2.54. The highest BCUT2D eigenvalue weighted by atomic mass is 19.4. The van der Waals surface area contributed by atoms with E-state index < -0.39 is 49.3 Å². The summed E-state index contributed by atoms with van der Waals surface area (Å²) in [6, 6.07) is 7.46. The minimum absolute atomic E-state index is 0.0906. The van der Waals surface area contributed by atoms with E-state index in [1.165, 1.54) is 6.07 Å². The highest BCUT2D eigenvalue weighted by Crippen LogP contribution is 2.37. The molecule has 1 aromatic carbocycles. The minimum Gasteiger partial charge on any atom is -0.369 e. The number of aliphatic hydroxyl groups excluding tert-OH is 1. The molecule has 1 amide bonds. The average molecular weight is 461 g/mol. The first-order valence-corrected chi connectivity index (χ1v) is 9.56. The number of carbonyl (C=O) groups excluding carboxylic acids is 1. The lowest BCUT2D eigenvalue weighted by molar-refractivity contribution is -0.366. The van der Waals surface area contributed by atoms with Crippen molar-refractivity contribution >= 4 is 11.7 Å². The van der Waals surface area contributed by atoms with Gasteiger partial charge in [-0.15, -0.1) is 13.2 Å². The van der Waals surface area contributed by atoms with Crippen LogP contribution in [0.25, 0.3) is 0 Å². The predicted octanol–water partition coefficient (Wildman–Crippen LogP) is 3.62. The number of alkyl halides is 5. The van der Waals surface area contributed by atoms with Crippen molar-refractivity contribution in [3.8, 4) is 0 Å². The van der Waals surface area contributed by atoms with Gasteiger partial charge in [-0.2, -0.15) is 0 Å². The quantitative estimate of drug-likeness (QED) is 0.705. The molecule has 2 atom stereocenters. The molecule has 1 aromatic heterocycles. The van der Waals surface area contributed by atoms with E-state index in [-0.39, 0.29) is 30.0 Å². The van der Waals surface area contributed by atoms with E-state index in [9.17, 15) is 36.2 Å². The normalized spacial score (nSPS) is 22.9. The van der Waals surface area contributed by atoms with Crippen LogP contribution in [-0.4, -0.2) is 52.4 Å². The number of rotatable bonds is 4. The Morgan fingerprint density at radius 2 is 1.97 bits per heavy atom. The number of aliphatic hydroxyl groups is 1. The van der Waals surface area contributed by atoms with Crippen molar-refractivity contribution in [2.75, 3.05) is 18.0 Å². The second-order valence-corrected chi connectivity index (χ2v) is 7.55. The molecule has 1 fully saturated rings. The molecule has 0 spiro atoms. The van der Waals surface area contributed by atoms with Crippen molar-refractivity contribution in [3.05, 3.63) is 59.0 Å². The molecule has 2 aromatic rings. The van der Waals surface area contributed by atoms with Gasteiger partial charge < -0.3 is 14.9 Å². The minimum atomic E-state index is -5.20. The Morgan fingerprint density at radius 3 is 2.62 bits per heavy atom. The third-order valence-electron chi connectivity index (χ3n) is 5.42. The molecule has 172 valence electrons. The summed E-state index contributed by atoms with van der Waals surface area (Å²) >= 11 is 0. The first-order chi connectivity index (χ1) is 15.0. The summed E-state index contributed by atoms with van der Waals surface area (Å²) in [5.41, 5.74) is 0.534. The SMILES string of the molecule is O=C1c2ccccc2C(O)N1Cc1cc(N2CCC(OC(F)(F)F)C(F)(F)C2)ncc1F. The molecule has 3 heterocycles. The molecule has 2 unspecified atom stereocenters. The third-order valence-corrected chi connectivity index (χ3v) is 5.42. The number of halogens is 6. The van der Waals surface area contributed by atoms with Crippen LogP contribution in [0.15, 0.2) is 36.5 Å². The van der Waals surface area contributed by atoms with Crippen LogP contribution < -0.4 is 4.90 Å². The summed E-state index contributed by atoms with van der Waals surface area (Å²) in [5, 5.41) is 10.4. The maximum Gasteiger partial charge on any atom is 0.522 e. The lowest BCUT2D eigenvalue weighted by Gasteiger charge is -2.38. The summed E-state index contributed by atoms with van der Waals surface area (Å²) in [4.78, 5) is 18.4. The van der Waals surface area contributed by atoms with E-state index in [2.05, 4.69) is 9.72 Å². The van der Waals surface area contributed by atoms with Gasteiger partial charge in [0.05, 0.1) is 19.3 Å². The van der Waals surface area contributed by atoms with Gasteiger partial charge in [-0.25, -0.2) is 18.2 Å². The van der Waals surface area contributed by atoms with E-state index >= 15 is 0 Å². The van der Waals surface area contributed by atoms with E-state index in [4.69, 9.17) is 0 Å². The van der Waals surface area contributed by atoms with Crippen LogP contribution in [0.5, 0.6) is 0 Å². The number of benzene rings is 1. The number of anilines is 1. The summed E-state index contributed by atoms with van der Waals surface area (Å²) in [7, 11) is 0. The number of aromatic nitrogens is 1. The van der Waals surface area contributed by atoms with E-state index in [1.54, 1.807) is 18.2 Å². The van der Waals surface area contributed by atoms with Crippen molar-refractivity contribution in [2.24, 2.45) is 0 Å². The molecule has 0 bridgehead atoms. The molecule has 12 heteroatoms. The van der Waals surface area contributed by atoms with Crippen molar-refractivity contribution in [3.63, 3.8) is 0 Å². The molecule has 2 aliphatic rings. The standard InChI is InChI=1S/C20H17F6N3O3/c21-14-8-27-16(28-6-5-15(19(22,23)10-28)32-20(24,25)26)7-11(14)9-29-17(30)12-3-1-2-4-13(12)18(29)31/h1-4,7-8,15,17,30H,5-6,9-10H2. The smallest absolute Gasteiger partial charge is 0.369 e. The second-order valence-electron chi connectivity index (χ2n) is 7.55. The van der Waals surface area contributed by atoms with Crippen LogP contribution in [0.3, 0.4) is 0 Å². The number of amides is 1. The number of pyridine rings is 1. The maximum atomic E-state index is 14.4. The van der Waals surface area contributed by atoms with Gasteiger partial charge in [0.2, 0.25) is 0 Å². The molecular weight excluding hydrogens is 444 g/mol. The van der Waals surface area contributed by atoms with Crippen LogP contribution in [0.4, 0.5) is 32.2 Å². The number of piperidine rings is 1. The summed E-state index contributed by atoms with van der Waals surface area (Å²) < 4.78 is 83.5. The van der Waals surface area contributed by atoms with Gasteiger partial charge in [-0.05, 0) is 18.6 Å². The zero-order valence-electron chi connectivity index (χ0n) is 16.3. The molecular formula is C20H17F6N3O3. The van der Waals surface area contributed by atoms with Crippen LogP contribution in [-0.2, 0) is 11.3 Å². The monoisotopic (exact) mass is 461 g/mol. The van der Waals surface area contributed by atoms with Gasteiger partial charge in [0.1, 0.15) is 17.7 Å². The fourth-order valence-electron chi connectivity index (χ4n) is 3.88. The number of hydrogen-bond donors (Lipinski definition) is 1. The van der Waals surface area contributed by atoms with Crippen LogP contribution in [0.2, 0.25) is 0 Å². The summed E-state index contributed by atoms with van der Waals surface area (Å²) in [6.07, 6.45) is -8.69. The first-order valence-electron chi connectivity index (χ1n) is 9.56. The topological polar surface area (TPSA) is 65.9 Å². The molecule has 0 aliphatic carbocycles. The number of carbonyl (C=O) groups is 1. The van der Waals surface area contributed by atoms with Crippen LogP contribution in [0, 0.1) is 5.82 Å². The fraction of sp³-hybridized carbons (Fsp3) is 0.400. The van der Waals surface area contributed by atoms with Gasteiger partial charge in [-0.3, -0.25) is 9.53 Å². The largest absolute Gasteiger partial charge is 0.522 e. The Morgan fingerprint density at radius 1 is 1.25 bits per heavy atom. The van der Waals surface area contributed by atoms with Gasteiger partial charge >= 0.3 is 6.36 Å². The molecule has 0 radical (unpaired) electrons. The van der Waals surface area contributed by atoms with Gasteiger partial charge in [0.25, 0.3) is 11.8 Å². The number of nitrogens with zero attached hydrogens (tertiary/aromatic N) is 3. The first kappa shape index (κ1) is 22.3. The predicted molar refractivity (Wildman–Crippen MR) is 98.2 cm³/mol. The van der Waals surface area contributed by atoms with E-state index in [0.29, 0.717) is 5.56 Å². The van der Waals surface area contributed by atoms with Crippen molar-refractivity contribution in [1.29, 1.82) is 0 Å². The fourth-order valence-corrected chi connectivity index (χ4v) is 3.88. The zero-order valence-corrected chi connectivity index (χ0v) is 16.3. The van der Waals surface area contributed by atoms with Gasteiger partial charge in [0, 0.05) is 23.2 Å². The zero-order chi connectivity index (χ0) is 23.3. The molecule has 0 saturated carbocycles. The Kier molecular flexibility index (Phi) is 5.53. The highest BCUT2D eigenvalue weighted by Gasteiger charge is 2.50. The number of hydrogen-bond acceptors (Lipinski definition) is 5. The Bertz CT molecular complexity index is 1030. The molecule has 6 nitrogen and oxygen atoms in total. The van der Waals surface area contributed by atoms with E-state index in [1.807, 2.05) is 0 Å². The maximum absolute atomic E-state index is 14.4.